The van der Waals surface area contributed by atoms with E-state index in [1.807, 2.05) is 73.3 Å². The highest BCUT2D eigenvalue weighted by Gasteiger charge is 2.11. The molecule has 166 valence electrons. The molecular weight excluding hydrogens is 432 g/mol. The SMILES string of the molecule is Cc1cccc(-c2cc(=O)n(C)c3ccc(Cc4ccc(Cl)cc4)cc23)n1.Cn1ccnc1. The number of fused-ring (bicyclic) bond motifs is 1. The van der Waals surface area contributed by atoms with Crippen molar-refractivity contribution in [2.45, 2.75) is 13.3 Å². The summed E-state index contributed by atoms with van der Waals surface area (Å²) in [6.07, 6.45) is 6.19. The summed E-state index contributed by atoms with van der Waals surface area (Å²) in [6, 6.07) is 21.7. The van der Waals surface area contributed by atoms with Crippen molar-refractivity contribution < 1.29 is 0 Å². The van der Waals surface area contributed by atoms with Crippen LogP contribution in [0.2, 0.25) is 5.02 Å². The van der Waals surface area contributed by atoms with E-state index in [0.29, 0.717) is 0 Å². The second-order valence-electron chi connectivity index (χ2n) is 8.00. The second-order valence-corrected chi connectivity index (χ2v) is 8.44. The van der Waals surface area contributed by atoms with Crippen molar-refractivity contribution in [1.29, 1.82) is 0 Å². The molecule has 0 atom stereocenters. The van der Waals surface area contributed by atoms with Crippen LogP contribution in [0.5, 0.6) is 0 Å². The van der Waals surface area contributed by atoms with E-state index in [2.05, 4.69) is 22.1 Å². The largest absolute Gasteiger partial charge is 0.341 e. The maximum absolute atomic E-state index is 12.4. The van der Waals surface area contributed by atoms with Crippen molar-refractivity contribution in [1.82, 2.24) is 19.1 Å². The molecule has 3 aromatic heterocycles. The molecule has 0 N–H and O–H groups in total. The first-order chi connectivity index (χ1) is 15.9. The summed E-state index contributed by atoms with van der Waals surface area (Å²) < 4.78 is 3.57. The van der Waals surface area contributed by atoms with Crippen LogP contribution in [-0.2, 0) is 20.5 Å². The zero-order valence-electron chi connectivity index (χ0n) is 18.9. The van der Waals surface area contributed by atoms with Crippen LogP contribution < -0.4 is 5.56 Å². The lowest BCUT2D eigenvalue weighted by molar-refractivity contribution is 0.906. The molecule has 5 nitrogen and oxygen atoms in total. The lowest BCUT2D eigenvalue weighted by Gasteiger charge is -2.12. The molecule has 6 heteroatoms. The maximum Gasteiger partial charge on any atom is 0.251 e. The number of nitrogens with zero attached hydrogens (tertiary/aromatic N) is 4. The quantitative estimate of drug-likeness (QED) is 0.356. The Kier molecular flexibility index (Phi) is 6.71. The molecular formula is C27H25ClN4O. The summed E-state index contributed by atoms with van der Waals surface area (Å²) in [6.45, 7) is 1.96. The summed E-state index contributed by atoms with van der Waals surface area (Å²) in [5, 5.41) is 1.77. The van der Waals surface area contributed by atoms with Crippen LogP contribution in [0.15, 0.2) is 90.2 Å². The van der Waals surface area contributed by atoms with Crippen LogP contribution in [0.4, 0.5) is 0 Å². The van der Waals surface area contributed by atoms with Gasteiger partial charge in [0.15, 0.2) is 0 Å². The van der Waals surface area contributed by atoms with Gasteiger partial charge in [0.05, 0.1) is 17.5 Å². The molecule has 2 aromatic carbocycles. The van der Waals surface area contributed by atoms with Crippen molar-refractivity contribution in [3.05, 3.63) is 118 Å². The Labute approximate surface area is 198 Å². The van der Waals surface area contributed by atoms with Gasteiger partial charge in [-0.1, -0.05) is 35.9 Å². The van der Waals surface area contributed by atoms with E-state index in [4.69, 9.17) is 11.6 Å². The number of rotatable bonds is 3. The molecule has 0 saturated heterocycles. The third-order valence-corrected chi connectivity index (χ3v) is 5.69. The number of benzene rings is 2. The zero-order valence-corrected chi connectivity index (χ0v) is 19.6. The molecule has 0 amide bonds. The van der Waals surface area contributed by atoms with Gasteiger partial charge in [-0.15, -0.1) is 0 Å². The highest BCUT2D eigenvalue weighted by Crippen LogP contribution is 2.27. The summed E-state index contributed by atoms with van der Waals surface area (Å²) in [5.41, 5.74) is 5.86. The van der Waals surface area contributed by atoms with E-state index in [9.17, 15) is 4.79 Å². The van der Waals surface area contributed by atoms with Gasteiger partial charge in [0.25, 0.3) is 5.56 Å². The van der Waals surface area contributed by atoms with Crippen LogP contribution in [0, 0.1) is 6.92 Å². The minimum absolute atomic E-state index is 0.0359. The third-order valence-electron chi connectivity index (χ3n) is 5.43. The number of aromatic nitrogens is 4. The van der Waals surface area contributed by atoms with Crippen molar-refractivity contribution >= 4 is 22.5 Å². The van der Waals surface area contributed by atoms with Gasteiger partial charge >= 0.3 is 0 Å². The van der Waals surface area contributed by atoms with Gasteiger partial charge in [0, 0.05) is 54.2 Å². The van der Waals surface area contributed by atoms with Gasteiger partial charge in [-0.2, -0.15) is 0 Å². The van der Waals surface area contributed by atoms with E-state index < -0.39 is 0 Å². The normalized spacial score (nSPS) is 10.7. The number of pyridine rings is 2. The smallest absolute Gasteiger partial charge is 0.251 e. The summed E-state index contributed by atoms with van der Waals surface area (Å²) in [4.78, 5) is 20.9. The minimum atomic E-state index is -0.0359. The van der Waals surface area contributed by atoms with Crippen molar-refractivity contribution in [2.24, 2.45) is 14.1 Å². The van der Waals surface area contributed by atoms with E-state index >= 15 is 0 Å². The van der Waals surface area contributed by atoms with Crippen LogP contribution in [-0.4, -0.2) is 19.1 Å². The average Bonchev–Trinajstić information content (AvgIpc) is 3.29. The first kappa shape index (κ1) is 22.5. The van der Waals surface area contributed by atoms with Crippen LogP contribution in [0.1, 0.15) is 16.8 Å². The fraction of sp³-hybridized carbons (Fsp3) is 0.148. The Hall–Kier alpha value is -3.70. The molecule has 0 aliphatic rings. The number of hydrogen-bond acceptors (Lipinski definition) is 3. The highest BCUT2D eigenvalue weighted by atomic mass is 35.5. The van der Waals surface area contributed by atoms with Crippen LogP contribution in [0.25, 0.3) is 22.2 Å². The lowest BCUT2D eigenvalue weighted by Crippen LogP contribution is -2.16. The first-order valence-electron chi connectivity index (χ1n) is 10.6. The van der Waals surface area contributed by atoms with Crippen molar-refractivity contribution in [2.75, 3.05) is 0 Å². The number of halogens is 1. The molecule has 33 heavy (non-hydrogen) atoms. The Bertz CT molecular complexity index is 1440. The Morgan fingerprint density at radius 1 is 0.939 bits per heavy atom. The summed E-state index contributed by atoms with van der Waals surface area (Å²) in [7, 11) is 3.74. The Morgan fingerprint density at radius 3 is 2.33 bits per heavy atom. The van der Waals surface area contributed by atoms with Gasteiger partial charge < -0.3 is 9.13 Å². The lowest BCUT2D eigenvalue weighted by atomic mass is 9.99. The van der Waals surface area contributed by atoms with Gasteiger partial charge in [0.1, 0.15) is 0 Å². The van der Waals surface area contributed by atoms with Gasteiger partial charge in [-0.05, 0) is 60.9 Å². The van der Waals surface area contributed by atoms with E-state index in [-0.39, 0.29) is 5.56 Å². The van der Waals surface area contributed by atoms with Gasteiger partial charge in [-0.25, -0.2) is 4.98 Å². The molecule has 5 rings (SSSR count). The van der Waals surface area contributed by atoms with Gasteiger partial charge in [0.2, 0.25) is 0 Å². The van der Waals surface area contributed by atoms with Crippen molar-refractivity contribution in [3.8, 4) is 11.3 Å². The van der Waals surface area contributed by atoms with Gasteiger partial charge in [-0.3, -0.25) is 9.78 Å². The van der Waals surface area contributed by atoms with E-state index in [1.165, 1.54) is 11.1 Å². The maximum atomic E-state index is 12.4. The fourth-order valence-corrected chi connectivity index (χ4v) is 3.81. The fourth-order valence-electron chi connectivity index (χ4n) is 3.69. The zero-order chi connectivity index (χ0) is 23.4. The van der Waals surface area contributed by atoms with Crippen LogP contribution in [0.3, 0.4) is 0 Å². The minimum Gasteiger partial charge on any atom is -0.341 e. The predicted octanol–water partition coefficient (Wildman–Crippen LogP) is 5.57. The Balaban J connectivity index is 0.000000376. The highest BCUT2D eigenvalue weighted by molar-refractivity contribution is 6.30. The predicted molar refractivity (Wildman–Crippen MR) is 135 cm³/mol. The molecule has 0 aliphatic heterocycles. The van der Waals surface area contributed by atoms with E-state index in [1.54, 1.807) is 30.2 Å². The second kappa shape index (κ2) is 9.84. The summed E-state index contributed by atoms with van der Waals surface area (Å²) >= 11 is 5.99. The molecule has 0 saturated carbocycles. The molecule has 3 heterocycles. The number of imidazole rings is 1. The van der Waals surface area contributed by atoms with E-state index in [0.717, 1.165) is 39.3 Å². The van der Waals surface area contributed by atoms with Crippen molar-refractivity contribution in [3.63, 3.8) is 0 Å². The average molecular weight is 457 g/mol. The molecule has 0 radical (unpaired) electrons. The molecule has 0 spiro atoms. The monoisotopic (exact) mass is 456 g/mol. The molecule has 0 bridgehead atoms. The molecule has 0 aliphatic carbocycles. The third kappa shape index (κ3) is 5.38. The number of aryl methyl sites for hydroxylation is 3. The molecule has 5 aromatic rings. The molecule has 0 unspecified atom stereocenters. The Morgan fingerprint density at radius 2 is 1.70 bits per heavy atom. The van der Waals surface area contributed by atoms with Crippen LogP contribution >= 0.6 is 11.6 Å². The molecule has 0 fully saturated rings. The standard InChI is InChI=1S/C23H19ClN2O.C4H6N2/c1-15-4-3-5-21(25-15)19-14-23(27)26(2)22-11-8-17(13-20(19)22)12-16-6-9-18(24)10-7-16;1-6-3-2-5-4-6/h3-11,13-14H,12H2,1-2H3;2-4H,1H3. The number of hydrogen-bond donors (Lipinski definition) is 0. The first-order valence-corrected chi connectivity index (χ1v) is 11.0. The summed E-state index contributed by atoms with van der Waals surface area (Å²) in [5.74, 6) is 0. The topological polar surface area (TPSA) is 52.7 Å².